The highest BCUT2D eigenvalue weighted by Gasteiger charge is 2.15. The van der Waals surface area contributed by atoms with Crippen LogP contribution in [0.15, 0.2) is 48.5 Å². The van der Waals surface area contributed by atoms with E-state index in [4.69, 9.17) is 0 Å². The molecule has 30 heavy (non-hydrogen) atoms. The van der Waals surface area contributed by atoms with Crippen LogP contribution < -0.4 is 10.6 Å². The van der Waals surface area contributed by atoms with Crippen LogP contribution in [0.5, 0.6) is 0 Å². The van der Waals surface area contributed by atoms with Crippen molar-refractivity contribution in [3.63, 3.8) is 0 Å². The number of rotatable bonds is 8. The van der Waals surface area contributed by atoms with E-state index in [1.807, 2.05) is 0 Å². The van der Waals surface area contributed by atoms with Crippen LogP contribution in [0.1, 0.15) is 47.9 Å². The fraction of sp³-hybridized carbons (Fsp3) is 0.480. The van der Waals surface area contributed by atoms with E-state index in [-0.39, 0.29) is 6.03 Å². The summed E-state index contributed by atoms with van der Waals surface area (Å²) in [6.45, 7) is 7.79. The Bertz CT molecular complexity index is 758. The Hall–Kier alpha value is -2.37. The quantitative estimate of drug-likeness (QED) is 0.699. The second kappa shape index (κ2) is 10.6. The summed E-state index contributed by atoms with van der Waals surface area (Å²) >= 11 is 0. The maximum atomic E-state index is 12.5. The molecule has 2 amide bonds. The van der Waals surface area contributed by atoms with Crippen molar-refractivity contribution in [3.8, 4) is 0 Å². The number of benzene rings is 2. The molecule has 2 aliphatic heterocycles. The van der Waals surface area contributed by atoms with Crippen LogP contribution in [0.2, 0.25) is 0 Å². The molecule has 5 heteroatoms. The lowest BCUT2D eigenvalue weighted by Crippen LogP contribution is -2.35. The third kappa shape index (κ3) is 5.83. The van der Waals surface area contributed by atoms with Gasteiger partial charge < -0.3 is 10.6 Å². The molecule has 2 N–H and O–H groups in total. The van der Waals surface area contributed by atoms with Crippen LogP contribution in [0.4, 0.5) is 4.79 Å². The van der Waals surface area contributed by atoms with Crippen molar-refractivity contribution in [2.24, 2.45) is 0 Å². The van der Waals surface area contributed by atoms with Gasteiger partial charge >= 0.3 is 6.03 Å². The van der Waals surface area contributed by atoms with Crippen molar-refractivity contribution < 1.29 is 4.79 Å². The normalized spacial score (nSPS) is 17.3. The molecule has 0 spiro atoms. The zero-order chi connectivity index (χ0) is 20.6. The molecule has 2 aromatic rings. The van der Waals surface area contributed by atoms with Gasteiger partial charge in [0.25, 0.3) is 0 Å². The maximum Gasteiger partial charge on any atom is 0.315 e. The van der Waals surface area contributed by atoms with E-state index in [9.17, 15) is 4.79 Å². The zero-order valence-electron chi connectivity index (χ0n) is 17.9. The number of carbonyl (C=O) groups excluding carboxylic acids is 1. The molecule has 2 fully saturated rings. The minimum Gasteiger partial charge on any atom is -0.334 e. The first-order valence-electron chi connectivity index (χ1n) is 11.4. The zero-order valence-corrected chi connectivity index (χ0v) is 17.9. The predicted molar refractivity (Wildman–Crippen MR) is 121 cm³/mol. The Morgan fingerprint density at radius 1 is 0.633 bits per heavy atom. The van der Waals surface area contributed by atoms with E-state index >= 15 is 0 Å². The monoisotopic (exact) mass is 406 g/mol. The molecule has 0 atom stereocenters. The molecule has 160 valence electrons. The Balaban J connectivity index is 1.28. The molecule has 2 saturated heterocycles. The lowest BCUT2D eigenvalue weighted by Gasteiger charge is -2.19. The molecule has 0 unspecified atom stereocenters. The summed E-state index contributed by atoms with van der Waals surface area (Å²) in [5.74, 6) is 0. The third-order valence-electron chi connectivity index (χ3n) is 6.30. The minimum atomic E-state index is -0.109. The van der Waals surface area contributed by atoms with Gasteiger partial charge in [-0.1, -0.05) is 48.5 Å². The highest BCUT2D eigenvalue weighted by atomic mass is 16.2. The predicted octanol–water partition coefficient (Wildman–Crippen LogP) is 3.88. The average molecular weight is 407 g/mol. The van der Waals surface area contributed by atoms with Crippen molar-refractivity contribution in [1.29, 1.82) is 0 Å². The van der Waals surface area contributed by atoms with E-state index in [2.05, 4.69) is 69.0 Å². The maximum absolute atomic E-state index is 12.5. The van der Waals surface area contributed by atoms with Crippen LogP contribution in [0.3, 0.4) is 0 Å². The minimum absolute atomic E-state index is 0.109. The van der Waals surface area contributed by atoms with E-state index in [1.165, 1.54) is 74.1 Å². The van der Waals surface area contributed by atoms with E-state index in [1.54, 1.807) is 0 Å². The molecule has 2 aliphatic rings. The summed E-state index contributed by atoms with van der Waals surface area (Å²) < 4.78 is 0. The number of nitrogens with one attached hydrogen (secondary N) is 2. The topological polar surface area (TPSA) is 47.6 Å². The fourth-order valence-electron chi connectivity index (χ4n) is 4.55. The fourth-order valence-corrected chi connectivity index (χ4v) is 4.55. The number of urea groups is 1. The first kappa shape index (κ1) is 20.9. The van der Waals surface area contributed by atoms with Gasteiger partial charge in [0, 0.05) is 26.2 Å². The van der Waals surface area contributed by atoms with Gasteiger partial charge in [0.2, 0.25) is 0 Å². The Labute approximate surface area is 180 Å². The number of likely N-dealkylation sites (tertiary alicyclic amines) is 2. The summed E-state index contributed by atoms with van der Waals surface area (Å²) in [6.07, 6.45) is 5.17. The van der Waals surface area contributed by atoms with Crippen molar-refractivity contribution in [2.45, 2.75) is 51.9 Å². The van der Waals surface area contributed by atoms with Gasteiger partial charge in [0.15, 0.2) is 0 Å². The number of hydrogen-bond donors (Lipinski definition) is 2. The lowest BCUT2D eigenvalue weighted by atomic mass is 10.1. The van der Waals surface area contributed by atoms with E-state index in [0.717, 1.165) is 13.1 Å². The average Bonchev–Trinajstić information content (AvgIpc) is 3.47. The molecule has 2 aromatic carbocycles. The molecule has 0 radical (unpaired) electrons. The number of nitrogens with zero attached hydrogens (tertiary/aromatic N) is 2. The molecular weight excluding hydrogens is 372 g/mol. The van der Waals surface area contributed by atoms with Crippen LogP contribution >= 0.6 is 0 Å². The second-order valence-electron chi connectivity index (χ2n) is 8.54. The summed E-state index contributed by atoms with van der Waals surface area (Å²) in [5, 5.41) is 6.10. The van der Waals surface area contributed by atoms with Gasteiger partial charge in [-0.2, -0.15) is 0 Å². The van der Waals surface area contributed by atoms with Crippen molar-refractivity contribution in [2.75, 3.05) is 26.2 Å². The van der Waals surface area contributed by atoms with Gasteiger partial charge in [0.1, 0.15) is 0 Å². The van der Waals surface area contributed by atoms with Crippen molar-refractivity contribution >= 4 is 6.03 Å². The van der Waals surface area contributed by atoms with Crippen LogP contribution in [0, 0.1) is 0 Å². The number of carbonyl (C=O) groups is 1. The van der Waals surface area contributed by atoms with E-state index in [0.29, 0.717) is 13.1 Å². The van der Waals surface area contributed by atoms with Gasteiger partial charge in [-0.25, -0.2) is 4.79 Å². The van der Waals surface area contributed by atoms with Gasteiger partial charge in [0.05, 0.1) is 0 Å². The molecule has 5 nitrogen and oxygen atoms in total. The highest BCUT2D eigenvalue weighted by molar-refractivity contribution is 5.73. The smallest absolute Gasteiger partial charge is 0.315 e. The van der Waals surface area contributed by atoms with Gasteiger partial charge in [-0.15, -0.1) is 0 Å². The summed E-state index contributed by atoms with van der Waals surface area (Å²) in [5.41, 5.74) is 5.04. The molecule has 2 heterocycles. The highest BCUT2D eigenvalue weighted by Crippen LogP contribution is 2.17. The largest absolute Gasteiger partial charge is 0.334 e. The van der Waals surface area contributed by atoms with Crippen LogP contribution in [0.25, 0.3) is 0 Å². The van der Waals surface area contributed by atoms with Crippen LogP contribution in [-0.4, -0.2) is 42.0 Å². The van der Waals surface area contributed by atoms with Gasteiger partial charge in [-0.05, 0) is 74.1 Å². The summed E-state index contributed by atoms with van der Waals surface area (Å²) in [4.78, 5) is 17.5. The molecular formula is C25H34N4O. The number of amides is 2. The SMILES string of the molecule is O=C(NCc1ccccc1CN1CCCC1)NCc1ccccc1CN1CCCC1. The standard InChI is InChI=1S/C25H34N4O/c30-25(26-17-21-9-1-3-11-23(21)19-28-13-5-6-14-28)27-18-22-10-2-4-12-24(22)20-29-15-7-8-16-29/h1-4,9-12H,5-8,13-20H2,(H2,26,27,30). The van der Waals surface area contributed by atoms with Crippen molar-refractivity contribution in [1.82, 2.24) is 20.4 Å². The Morgan fingerprint density at radius 2 is 1.00 bits per heavy atom. The molecule has 0 saturated carbocycles. The Kier molecular flexibility index (Phi) is 7.38. The molecule has 0 aromatic heterocycles. The second-order valence-corrected chi connectivity index (χ2v) is 8.54. The van der Waals surface area contributed by atoms with E-state index < -0.39 is 0 Å². The van der Waals surface area contributed by atoms with Crippen molar-refractivity contribution in [3.05, 3.63) is 70.8 Å². The molecule has 0 bridgehead atoms. The number of hydrogen-bond acceptors (Lipinski definition) is 3. The summed E-state index contributed by atoms with van der Waals surface area (Å²) in [6, 6.07) is 16.8. The third-order valence-corrected chi connectivity index (χ3v) is 6.30. The first-order chi connectivity index (χ1) is 14.8. The van der Waals surface area contributed by atoms with Crippen LogP contribution in [-0.2, 0) is 26.2 Å². The van der Waals surface area contributed by atoms with Gasteiger partial charge in [-0.3, -0.25) is 9.80 Å². The molecule has 4 rings (SSSR count). The lowest BCUT2D eigenvalue weighted by molar-refractivity contribution is 0.240. The first-order valence-corrected chi connectivity index (χ1v) is 11.4. The molecule has 0 aliphatic carbocycles. The Morgan fingerprint density at radius 3 is 1.40 bits per heavy atom. The summed E-state index contributed by atoms with van der Waals surface area (Å²) in [7, 11) is 0.